The highest BCUT2D eigenvalue weighted by Crippen LogP contribution is 2.44. The summed E-state index contributed by atoms with van der Waals surface area (Å²) in [6.07, 6.45) is 2.18. The van der Waals surface area contributed by atoms with Crippen molar-refractivity contribution in [2.24, 2.45) is 5.92 Å². The minimum absolute atomic E-state index is 0.0849. The van der Waals surface area contributed by atoms with Gasteiger partial charge >= 0.3 is 12.4 Å². The van der Waals surface area contributed by atoms with Crippen molar-refractivity contribution in [1.82, 2.24) is 14.5 Å². The molecule has 0 aliphatic heterocycles. The van der Waals surface area contributed by atoms with Gasteiger partial charge in [-0.3, -0.25) is 0 Å². The SMILES string of the molecule is COc1ccc([N+](C=O)(CCC(C)C)Cc2nc3c(Cc4ccccc4OCC(=O)O)cccc3[nH]2)c(Cl)c1OC. The molecule has 0 saturated heterocycles. The molecule has 1 amide bonds. The van der Waals surface area contributed by atoms with Crippen LogP contribution in [0.3, 0.4) is 0 Å². The van der Waals surface area contributed by atoms with Crippen molar-refractivity contribution in [2.75, 3.05) is 27.4 Å². The van der Waals surface area contributed by atoms with Crippen molar-refractivity contribution in [3.8, 4) is 17.2 Å². The molecule has 4 rings (SSSR count). The van der Waals surface area contributed by atoms with Crippen molar-refractivity contribution < 1.29 is 28.9 Å². The summed E-state index contributed by atoms with van der Waals surface area (Å²) in [5, 5.41) is 9.37. The van der Waals surface area contributed by atoms with Gasteiger partial charge in [-0.25, -0.2) is 19.1 Å². The van der Waals surface area contributed by atoms with Crippen LogP contribution in [0.25, 0.3) is 11.0 Å². The zero-order valence-corrected chi connectivity index (χ0v) is 24.4. The molecule has 216 valence electrons. The largest absolute Gasteiger partial charge is 0.493 e. The van der Waals surface area contributed by atoms with Crippen molar-refractivity contribution in [2.45, 2.75) is 33.2 Å². The molecule has 41 heavy (non-hydrogen) atoms. The van der Waals surface area contributed by atoms with E-state index in [1.54, 1.807) is 24.3 Å². The molecular weight excluding hydrogens is 546 g/mol. The van der Waals surface area contributed by atoms with Crippen LogP contribution in [-0.4, -0.2) is 54.8 Å². The van der Waals surface area contributed by atoms with E-state index in [2.05, 4.69) is 18.8 Å². The molecule has 0 fully saturated rings. The van der Waals surface area contributed by atoms with Crippen LogP contribution >= 0.6 is 11.6 Å². The normalized spacial score (nSPS) is 12.7. The Balaban J connectivity index is 1.74. The smallest absolute Gasteiger partial charge is 0.341 e. The van der Waals surface area contributed by atoms with Gasteiger partial charge in [0.1, 0.15) is 17.3 Å². The number of aliphatic carboxylic acids is 1. The van der Waals surface area contributed by atoms with Crippen LogP contribution in [-0.2, 0) is 22.6 Å². The molecule has 1 atom stereocenters. The Bertz CT molecular complexity index is 1540. The number of ether oxygens (including phenoxy) is 3. The quantitative estimate of drug-likeness (QED) is 0.139. The molecule has 1 aromatic heterocycles. The van der Waals surface area contributed by atoms with E-state index in [1.165, 1.54) is 14.2 Å². The number of carboxylic acids is 1. The minimum atomic E-state index is -1.04. The number of methoxy groups -OCH3 is 2. The third kappa shape index (κ3) is 6.64. The predicted octanol–water partition coefficient (Wildman–Crippen LogP) is 6.00. The Kier molecular flexibility index (Phi) is 9.52. The summed E-state index contributed by atoms with van der Waals surface area (Å²) in [5.41, 5.74) is 3.98. The van der Waals surface area contributed by atoms with Gasteiger partial charge in [0, 0.05) is 12.5 Å². The number of rotatable bonds is 14. The highest BCUT2D eigenvalue weighted by molar-refractivity contribution is 6.35. The standard InChI is InChI=1S/C31H34ClN3O6/c1-20(2)14-15-35(19-36,24-12-13-26(39-3)31(40-4)29(24)32)17-27-33-23-10-7-9-22(30(23)34-27)16-21-8-5-6-11-25(21)41-18-28(37)38/h5-13,19-20H,14-18H2,1-4H3,(H-,33,34,37,38)/p+1. The van der Waals surface area contributed by atoms with Crippen LogP contribution in [0.2, 0.25) is 5.02 Å². The molecule has 9 nitrogen and oxygen atoms in total. The Morgan fingerprint density at radius 1 is 1.05 bits per heavy atom. The number of nitrogens with zero attached hydrogens (tertiary/aromatic N) is 2. The molecule has 0 radical (unpaired) electrons. The lowest BCUT2D eigenvalue weighted by Crippen LogP contribution is -2.49. The molecule has 4 aromatic rings. The number of carboxylic acid groups (broad SMARTS) is 1. The third-order valence-corrected chi connectivity index (χ3v) is 7.40. The number of benzene rings is 3. The maximum absolute atomic E-state index is 13.0. The molecule has 0 aliphatic carbocycles. The first-order valence-electron chi connectivity index (χ1n) is 13.3. The minimum Gasteiger partial charge on any atom is -0.493 e. The number of nitrogens with one attached hydrogen (secondary N) is 1. The van der Waals surface area contributed by atoms with Gasteiger partial charge in [0.25, 0.3) is 0 Å². The number of para-hydroxylation sites is 2. The number of imidazole rings is 1. The van der Waals surface area contributed by atoms with Gasteiger partial charge in [0.15, 0.2) is 29.6 Å². The average Bonchev–Trinajstić information content (AvgIpc) is 3.38. The fourth-order valence-corrected chi connectivity index (χ4v) is 5.31. The van der Waals surface area contributed by atoms with Crippen LogP contribution in [0, 0.1) is 5.92 Å². The molecule has 1 heterocycles. The summed E-state index contributed by atoms with van der Waals surface area (Å²) in [5.74, 6) is 1.31. The second-order valence-corrected chi connectivity index (χ2v) is 10.7. The Labute approximate surface area is 244 Å². The summed E-state index contributed by atoms with van der Waals surface area (Å²) in [7, 11) is 3.06. The molecule has 2 N–H and O–H groups in total. The summed E-state index contributed by atoms with van der Waals surface area (Å²) in [6.45, 7) is 4.56. The van der Waals surface area contributed by atoms with Crippen LogP contribution in [0.15, 0.2) is 54.6 Å². The summed E-state index contributed by atoms with van der Waals surface area (Å²) < 4.78 is 16.4. The number of fused-ring (bicyclic) bond motifs is 1. The first-order valence-corrected chi connectivity index (χ1v) is 13.7. The molecule has 3 aromatic carbocycles. The Morgan fingerprint density at radius 3 is 2.49 bits per heavy atom. The number of aromatic nitrogens is 2. The topological polar surface area (TPSA) is 111 Å². The third-order valence-electron chi connectivity index (χ3n) is 7.03. The van der Waals surface area contributed by atoms with E-state index in [-0.39, 0.29) is 11.0 Å². The Hall–Kier alpha value is -4.08. The number of halogens is 1. The maximum atomic E-state index is 13.0. The van der Waals surface area contributed by atoms with Crippen LogP contribution in [0.5, 0.6) is 17.2 Å². The van der Waals surface area contributed by atoms with Crippen LogP contribution in [0.4, 0.5) is 5.69 Å². The van der Waals surface area contributed by atoms with E-state index in [4.69, 9.17) is 35.9 Å². The summed E-state index contributed by atoms with van der Waals surface area (Å²) in [4.78, 5) is 32.4. The van der Waals surface area contributed by atoms with E-state index in [0.717, 1.165) is 35.0 Å². The van der Waals surface area contributed by atoms with Crippen LogP contribution < -0.4 is 18.7 Å². The van der Waals surface area contributed by atoms with Gasteiger partial charge in [-0.1, -0.05) is 55.8 Å². The molecule has 0 aliphatic rings. The Morgan fingerprint density at radius 2 is 1.80 bits per heavy atom. The van der Waals surface area contributed by atoms with E-state index < -0.39 is 12.6 Å². The van der Waals surface area contributed by atoms with E-state index in [0.29, 0.717) is 52.7 Å². The first-order chi connectivity index (χ1) is 19.7. The molecule has 0 saturated carbocycles. The van der Waals surface area contributed by atoms with E-state index in [9.17, 15) is 9.59 Å². The molecule has 0 spiro atoms. The second kappa shape index (κ2) is 13.1. The second-order valence-electron chi connectivity index (χ2n) is 10.3. The fourth-order valence-electron chi connectivity index (χ4n) is 4.91. The number of hydrogen-bond acceptors (Lipinski definition) is 6. The summed E-state index contributed by atoms with van der Waals surface area (Å²) in [6, 6.07) is 16.8. The predicted molar refractivity (Wildman–Crippen MR) is 159 cm³/mol. The van der Waals surface area contributed by atoms with Crippen molar-refractivity contribution >= 4 is 40.7 Å². The van der Waals surface area contributed by atoms with Gasteiger partial charge in [-0.2, -0.15) is 0 Å². The maximum Gasteiger partial charge on any atom is 0.341 e. The van der Waals surface area contributed by atoms with E-state index in [1.807, 2.05) is 30.3 Å². The van der Waals surface area contributed by atoms with Crippen molar-refractivity contribution in [3.05, 3.63) is 76.6 Å². The summed E-state index contributed by atoms with van der Waals surface area (Å²) >= 11 is 6.83. The number of carbonyl (C=O) groups excluding carboxylic acids is 1. The van der Waals surface area contributed by atoms with Gasteiger partial charge < -0.3 is 24.3 Å². The highest BCUT2D eigenvalue weighted by atomic mass is 35.5. The zero-order valence-electron chi connectivity index (χ0n) is 23.6. The number of aromatic amines is 1. The molecular formula is C31H35ClN3O6+. The first kappa shape index (κ1) is 29.9. The van der Waals surface area contributed by atoms with Gasteiger partial charge in [-0.15, -0.1) is 0 Å². The lowest BCUT2D eigenvalue weighted by molar-refractivity contribution is -0.139. The lowest BCUT2D eigenvalue weighted by atomic mass is 10.0. The van der Waals surface area contributed by atoms with Crippen molar-refractivity contribution in [1.29, 1.82) is 0 Å². The van der Waals surface area contributed by atoms with Gasteiger partial charge in [-0.05, 0) is 41.7 Å². The fraction of sp³-hybridized carbons (Fsp3) is 0.323. The molecule has 10 heteroatoms. The number of hydrogen-bond donors (Lipinski definition) is 2. The van der Waals surface area contributed by atoms with Gasteiger partial charge in [0.2, 0.25) is 0 Å². The van der Waals surface area contributed by atoms with Crippen molar-refractivity contribution in [3.63, 3.8) is 0 Å². The van der Waals surface area contributed by atoms with Gasteiger partial charge in [0.05, 0.1) is 31.8 Å². The average molecular weight is 581 g/mol. The number of carbonyl (C=O) groups is 2. The van der Waals surface area contributed by atoms with E-state index >= 15 is 0 Å². The molecule has 1 unspecified atom stereocenters. The molecule has 0 bridgehead atoms. The number of H-pyrrole nitrogens is 1. The zero-order chi connectivity index (χ0) is 29.6. The lowest BCUT2D eigenvalue weighted by Gasteiger charge is -2.32. The number of amides is 1. The highest BCUT2D eigenvalue weighted by Gasteiger charge is 2.36. The monoisotopic (exact) mass is 580 g/mol. The number of quaternary nitrogens is 1. The van der Waals surface area contributed by atoms with Crippen LogP contribution in [0.1, 0.15) is 37.2 Å².